The van der Waals surface area contributed by atoms with Crippen LogP contribution in [0.15, 0.2) is 0 Å². The highest BCUT2D eigenvalue weighted by molar-refractivity contribution is 7.15. The number of hydrogen-bond acceptors (Lipinski definition) is 3. The van der Waals surface area contributed by atoms with Gasteiger partial charge in [-0.15, -0.1) is 11.3 Å². The van der Waals surface area contributed by atoms with Crippen LogP contribution in [0.4, 0.5) is 0 Å². The summed E-state index contributed by atoms with van der Waals surface area (Å²) in [7, 11) is 0. The number of rotatable bonds is 1. The van der Waals surface area contributed by atoms with Crippen molar-refractivity contribution in [2.24, 2.45) is 0 Å². The number of Topliss-reactive ketones (excluding diaryl/α,β-unsaturated/α-hetero) is 1. The van der Waals surface area contributed by atoms with Crippen LogP contribution in [0.5, 0.6) is 0 Å². The molecule has 0 aliphatic rings. The van der Waals surface area contributed by atoms with Crippen LogP contribution in [0, 0.1) is 6.92 Å². The standard InChI is InChI=1S/C6H6ClNOS/c1-3(9)5-4(2)10-6(7)8-5/h1-2H3. The monoisotopic (exact) mass is 175 g/mol. The summed E-state index contributed by atoms with van der Waals surface area (Å²) in [5.74, 6) is -0.0272. The molecule has 0 aliphatic heterocycles. The third-order valence-electron chi connectivity index (χ3n) is 1.10. The van der Waals surface area contributed by atoms with E-state index in [1.165, 1.54) is 18.3 Å². The quantitative estimate of drug-likeness (QED) is 0.614. The molecule has 1 aromatic heterocycles. The van der Waals surface area contributed by atoms with Crippen molar-refractivity contribution in [3.05, 3.63) is 15.0 Å². The van der Waals surface area contributed by atoms with Crippen LogP contribution in [0.25, 0.3) is 0 Å². The van der Waals surface area contributed by atoms with Gasteiger partial charge in [-0.1, -0.05) is 11.6 Å². The average Bonchev–Trinajstić information content (AvgIpc) is 2.10. The van der Waals surface area contributed by atoms with Gasteiger partial charge in [0, 0.05) is 11.8 Å². The molecular formula is C6H6ClNOS. The number of nitrogens with zero attached hydrogens (tertiary/aromatic N) is 1. The number of halogens is 1. The van der Waals surface area contributed by atoms with Crippen molar-refractivity contribution in [1.82, 2.24) is 4.98 Å². The molecule has 0 saturated carbocycles. The summed E-state index contributed by atoms with van der Waals surface area (Å²) in [6.07, 6.45) is 0. The fourth-order valence-electron chi connectivity index (χ4n) is 0.691. The lowest BCUT2D eigenvalue weighted by atomic mass is 10.3. The summed E-state index contributed by atoms with van der Waals surface area (Å²) in [6.45, 7) is 3.32. The lowest BCUT2D eigenvalue weighted by Gasteiger charge is -1.85. The number of carbonyl (C=O) groups excluding carboxylic acids is 1. The fraction of sp³-hybridized carbons (Fsp3) is 0.333. The van der Waals surface area contributed by atoms with Gasteiger partial charge in [0.25, 0.3) is 0 Å². The molecule has 0 aromatic carbocycles. The first kappa shape index (κ1) is 7.69. The van der Waals surface area contributed by atoms with Crippen LogP contribution >= 0.6 is 22.9 Å². The Balaban J connectivity index is 3.15. The number of carbonyl (C=O) groups is 1. The summed E-state index contributed by atoms with van der Waals surface area (Å²) < 4.78 is 0.433. The molecule has 0 atom stereocenters. The van der Waals surface area contributed by atoms with Crippen molar-refractivity contribution < 1.29 is 4.79 Å². The molecule has 10 heavy (non-hydrogen) atoms. The molecular weight excluding hydrogens is 170 g/mol. The zero-order valence-electron chi connectivity index (χ0n) is 5.64. The van der Waals surface area contributed by atoms with Gasteiger partial charge >= 0.3 is 0 Å². The second-order valence-corrected chi connectivity index (χ2v) is 3.71. The summed E-state index contributed by atoms with van der Waals surface area (Å²) in [5, 5.41) is 0. The normalized spacial score (nSPS) is 9.90. The third kappa shape index (κ3) is 1.36. The van der Waals surface area contributed by atoms with Crippen molar-refractivity contribution in [3.8, 4) is 0 Å². The Bertz CT molecular complexity index is 269. The Morgan fingerprint density at radius 3 is 2.50 bits per heavy atom. The first-order chi connectivity index (χ1) is 4.61. The largest absolute Gasteiger partial charge is 0.293 e. The van der Waals surface area contributed by atoms with E-state index in [9.17, 15) is 4.79 Å². The second kappa shape index (κ2) is 2.68. The van der Waals surface area contributed by atoms with Crippen LogP contribution in [-0.4, -0.2) is 10.8 Å². The molecule has 1 rings (SSSR count). The maximum absolute atomic E-state index is 10.8. The number of ketones is 1. The van der Waals surface area contributed by atoms with Gasteiger partial charge in [0.1, 0.15) is 5.69 Å². The van der Waals surface area contributed by atoms with Crippen molar-refractivity contribution in [1.29, 1.82) is 0 Å². The van der Waals surface area contributed by atoms with Crippen LogP contribution in [-0.2, 0) is 0 Å². The molecule has 0 aliphatic carbocycles. The van der Waals surface area contributed by atoms with Gasteiger partial charge in [-0.05, 0) is 6.92 Å². The molecule has 0 N–H and O–H groups in total. The van der Waals surface area contributed by atoms with E-state index >= 15 is 0 Å². The van der Waals surface area contributed by atoms with Crippen molar-refractivity contribution in [2.75, 3.05) is 0 Å². The minimum Gasteiger partial charge on any atom is -0.293 e. The van der Waals surface area contributed by atoms with E-state index in [0.717, 1.165) is 4.88 Å². The van der Waals surface area contributed by atoms with Crippen molar-refractivity contribution in [2.45, 2.75) is 13.8 Å². The van der Waals surface area contributed by atoms with Crippen LogP contribution in [0.2, 0.25) is 4.47 Å². The van der Waals surface area contributed by atoms with Gasteiger partial charge in [-0.3, -0.25) is 4.79 Å². The molecule has 1 heterocycles. The maximum atomic E-state index is 10.8. The van der Waals surface area contributed by atoms with Crippen molar-refractivity contribution >= 4 is 28.7 Å². The molecule has 0 radical (unpaired) electrons. The van der Waals surface area contributed by atoms with Gasteiger partial charge in [0.2, 0.25) is 0 Å². The molecule has 4 heteroatoms. The number of aryl methyl sites for hydroxylation is 1. The minimum absolute atomic E-state index is 0.0272. The first-order valence-corrected chi connectivity index (χ1v) is 3.94. The predicted octanol–water partition coefficient (Wildman–Crippen LogP) is 2.31. The summed E-state index contributed by atoms with van der Waals surface area (Å²) in [6, 6.07) is 0. The molecule has 0 bridgehead atoms. The smallest absolute Gasteiger partial charge is 0.184 e. The zero-order chi connectivity index (χ0) is 7.72. The van der Waals surface area contributed by atoms with Gasteiger partial charge in [0.15, 0.2) is 10.3 Å². The van der Waals surface area contributed by atoms with E-state index in [4.69, 9.17) is 11.6 Å². The van der Waals surface area contributed by atoms with Crippen LogP contribution < -0.4 is 0 Å². The molecule has 0 unspecified atom stereocenters. The Kier molecular flexibility index (Phi) is 2.06. The molecule has 1 aromatic rings. The lowest BCUT2D eigenvalue weighted by Crippen LogP contribution is -1.93. The average molecular weight is 176 g/mol. The van der Waals surface area contributed by atoms with E-state index in [2.05, 4.69) is 4.98 Å². The molecule has 2 nitrogen and oxygen atoms in total. The summed E-state index contributed by atoms with van der Waals surface area (Å²) >= 11 is 6.90. The molecule has 54 valence electrons. The highest BCUT2D eigenvalue weighted by atomic mass is 35.5. The van der Waals surface area contributed by atoms with Crippen LogP contribution in [0.3, 0.4) is 0 Å². The van der Waals surface area contributed by atoms with Gasteiger partial charge in [-0.2, -0.15) is 0 Å². The number of aromatic nitrogens is 1. The van der Waals surface area contributed by atoms with E-state index in [0.29, 0.717) is 10.2 Å². The molecule has 0 saturated heterocycles. The van der Waals surface area contributed by atoms with Gasteiger partial charge in [-0.25, -0.2) is 4.98 Å². The SMILES string of the molecule is CC(=O)c1nc(Cl)sc1C. The van der Waals surface area contributed by atoms with Crippen molar-refractivity contribution in [3.63, 3.8) is 0 Å². The topological polar surface area (TPSA) is 30.0 Å². The predicted molar refractivity (Wildman–Crippen MR) is 41.9 cm³/mol. The minimum atomic E-state index is -0.0272. The second-order valence-electron chi connectivity index (χ2n) is 1.93. The van der Waals surface area contributed by atoms with Gasteiger partial charge < -0.3 is 0 Å². The Morgan fingerprint density at radius 2 is 2.30 bits per heavy atom. The fourth-order valence-corrected chi connectivity index (χ4v) is 1.80. The summed E-state index contributed by atoms with van der Waals surface area (Å²) in [5.41, 5.74) is 0.495. The first-order valence-electron chi connectivity index (χ1n) is 2.75. The lowest BCUT2D eigenvalue weighted by molar-refractivity contribution is 0.101. The highest BCUT2D eigenvalue weighted by Gasteiger charge is 2.08. The highest BCUT2D eigenvalue weighted by Crippen LogP contribution is 2.21. The van der Waals surface area contributed by atoms with E-state index in [1.807, 2.05) is 6.92 Å². The Labute approximate surface area is 67.9 Å². The third-order valence-corrected chi connectivity index (χ3v) is 2.18. The van der Waals surface area contributed by atoms with E-state index in [-0.39, 0.29) is 5.78 Å². The van der Waals surface area contributed by atoms with E-state index < -0.39 is 0 Å². The van der Waals surface area contributed by atoms with Crippen LogP contribution in [0.1, 0.15) is 22.3 Å². The molecule has 0 spiro atoms. The summed E-state index contributed by atoms with van der Waals surface area (Å²) in [4.78, 5) is 15.5. The molecule has 0 amide bonds. The van der Waals surface area contributed by atoms with E-state index in [1.54, 1.807) is 0 Å². The van der Waals surface area contributed by atoms with Gasteiger partial charge in [0.05, 0.1) is 0 Å². The Hall–Kier alpha value is -0.410. The zero-order valence-corrected chi connectivity index (χ0v) is 7.21. The molecule has 0 fully saturated rings. The maximum Gasteiger partial charge on any atom is 0.184 e. The Morgan fingerprint density at radius 1 is 1.70 bits per heavy atom. The number of thiazole rings is 1. The number of hydrogen-bond donors (Lipinski definition) is 0.